The third kappa shape index (κ3) is 3.56. The second-order valence-electron chi connectivity index (χ2n) is 6.06. The number of thiazole rings is 1. The summed E-state index contributed by atoms with van der Waals surface area (Å²) in [6, 6.07) is 5.47. The van der Waals surface area contributed by atoms with Gasteiger partial charge >= 0.3 is 0 Å². The minimum absolute atomic E-state index is 0.0530. The van der Waals surface area contributed by atoms with Crippen molar-refractivity contribution in [3.8, 4) is 0 Å². The van der Waals surface area contributed by atoms with Gasteiger partial charge in [-0.25, -0.2) is 13.4 Å². The zero-order valence-electron chi connectivity index (χ0n) is 14.5. The number of aromatic nitrogens is 2. The second kappa shape index (κ2) is 7.43. The van der Waals surface area contributed by atoms with Gasteiger partial charge in [0.1, 0.15) is 0 Å². The van der Waals surface area contributed by atoms with Crippen molar-refractivity contribution >= 4 is 43.3 Å². The molecule has 0 saturated carbocycles. The molecule has 0 aliphatic carbocycles. The number of carbonyl (C=O) groups is 1. The minimum Gasteiger partial charge on any atom is -0.379 e. The third-order valence-corrected chi connectivity index (χ3v) is 6.90. The summed E-state index contributed by atoms with van der Waals surface area (Å²) in [7, 11) is -3.74. The molecule has 0 bridgehead atoms. The number of aromatic amines is 1. The van der Waals surface area contributed by atoms with Gasteiger partial charge in [-0.1, -0.05) is 0 Å². The molecule has 1 aromatic carbocycles. The van der Waals surface area contributed by atoms with Crippen molar-refractivity contribution in [1.82, 2.24) is 14.3 Å². The highest BCUT2D eigenvalue weighted by molar-refractivity contribution is 7.89. The molecule has 28 heavy (non-hydrogen) atoms. The van der Waals surface area contributed by atoms with Crippen molar-refractivity contribution < 1.29 is 17.9 Å². The number of H-pyrrole nitrogens is 1. The van der Waals surface area contributed by atoms with E-state index in [-0.39, 0.29) is 23.5 Å². The maximum atomic E-state index is 12.9. The lowest BCUT2D eigenvalue weighted by molar-refractivity contribution is 0.0730. The Morgan fingerprint density at radius 1 is 1.25 bits per heavy atom. The molecule has 9 nitrogen and oxygen atoms in total. The Balaban J connectivity index is 1.78. The standard InChI is InChI=1S/C17H16N4O5S2/c22-15-10-13(16(23)20-17-18-3-8-27-17)12-9-11(1-2-14(12)19-15)28(24,25)21-4-6-26-7-5-21/h1-3,8-10H,4-7H2,(H,19,22)(H,18,20,23). The van der Waals surface area contributed by atoms with Crippen molar-refractivity contribution in [2.45, 2.75) is 4.90 Å². The highest BCUT2D eigenvalue weighted by atomic mass is 32.2. The first-order valence-corrected chi connectivity index (χ1v) is 10.7. The Morgan fingerprint density at radius 3 is 2.75 bits per heavy atom. The predicted molar refractivity (Wildman–Crippen MR) is 104 cm³/mol. The van der Waals surface area contributed by atoms with Crippen LogP contribution >= 0.6 is 11.3 Å². The summed E-state index contributed by atoms with van der Waals surface area (Å²) in [5, 5.41) is 5.05. The van der Waals surface area contributed by atoms with Gasteiger partial charge in [0.2, 0.25) is 15.6 Å². The van der Waals surface area contributed by atoms with E-state index in [0.717, 1.165) is 6.07 Å². The molecule has 2 aromatic heterocycles. The van der Waals surface area contributed by atoms with Crippen LogP contribution in [0.25, 0.3) is 10.9 Å². The Labute approximate surface area is 164 Å². The zero-order valence-corrected chi connectivity index (χ0v) is 16.2. The van der Waals surface area contributed by atoms with Gasteiger partial charge in [-0.3, -0.25) is 14.9 Å². The van der Waals surface area contributed by atoms with Crippen LogP contribution in [0, 0.1) is 0 Å². The van der Waals surface area contributed by atoms with Crippen LogP contribution in [0.5, 0.6) is 0 Å². The molecule has 2 N–H and O–H groups in total. The molecular formula is C17H16N4O5S2. The van der Waals surface area contributed by atoms with E-state index in [1.807, 2.05) is 0 Å². The maximum absolute atomic E-state index is 12.9. The van der Waals surface area contributed by atoms with Crippen LogP contribution in [0.3, 0.4) is 0 Å². The summed E-state index contributed by atoms with van der Waals surface area (Å²) >= 11 is 1.24. The first-order chi connectivity index (χ1) is 13.4. The van der Waals surface area contributed by atoms with E-state index in [1.54, 1.807) is 11.6 Å². The Hall–Kier alpha value is -2.60. The summed E-state index contributed by atoms with van der Waals surface area (Å²) in [6.07, 6.45) is 1.54. The van der Waals surface area contributed by atoms with Crippen molar-refractivity contribution in [3.05, 3.63) is 51.8 Å². The van der Waals surface area contributed by atoms with E-state index in [9.17, 15) is 18.0 Å². The van der Waals surface area contributed by atoms with Crippen LogP contribution in [0.2, 0.25) is 0 Å². The summed E-state index contributed by atoms with van der Waals surface area (Å²) in [4.78, 5) is 31.3. The molecule has 11 heteroatoms. The topological polar surface area (TPSA) is 121 Å². The van der Waals surface area contributed by atoms with E-state index in [2.05, 4.69) is 15.3 Å². The van der Waals surface area contributed by atoms with Gasteiger partial charge in [0, 0.05) is 41.6 Å². The number of morpholine rings is 1. The van der Waals surface area contributed by atoms with Gasteiger partial charge in [0.15, 0.2) is 5.13 Å². The molecule has 3 aromatic rings. The van der Waals surface area contributed by atoms with E-state index >= 15 is 0 Å². The van der Waals surface area contributed by atoms with Gasteiger partial charge in [0.05, 0.1) is 23.7 Å². The largest absolute Gasteiger partial charge is 0.379 e. The van der Waals surface area contributed by atoms with Crippen LogP contribution in [0.1, 0.15) is 10.4 Å². The fourth-order valence-electron chi connectivity index (χ4n) is 2.97. The lowest BCUT2D eigenvalue weighted by Crippen LogP contribution is -2.40. The molecule has 0 spiro atoms. The van der Waals surface area contributed by atoms with E-state index < -0.39 is 21.5 Å². The van der Waals surface area contributed by atoms with Crippen molar-refractivity contribution in [3.63, 3.8) is 0 Å². The molecule has 1 aliphatic rings. The van der Waals surface area contributed by atoms with E-state index in [4.69, 9.17) is 4.74 Å². The Bertz CT molecular complexity index is 1180. The number of ether oxygens (including phenoxy) is 1. The summed E-state index contributed by atoms with van der Waals surface area (Å²) < 4.78 is 32.4. The molecule has 1 aliphatic heterocycles. The number of pyridine rings is 1. The number of nitrogens with one attached hydrogen (secondary N) is 2. The van der Waals surface area contributed by atoms with Gasteiger partial charge < -0.3 is 9.72 Å². The van der Waals surface area contributed by atoms with Crippen LogP contribution in [0.4, 0.5) is 5.13 Å². The number of anilines is 1. The van der Waals surface area contributed by atoms with Crippen molar-refractivity contribution in [1.29, 1.82) is 0 Å². The average Bonchev–Trinajstić information content (AvgIpc) is 3.20. The molecular weight excluding hydrogens is 404 g/mol. The zero-order chi connectivity index (χ0) is 19.7. The van der Waals surface area contributed by atoms with E-state index in [0.29, 0.717) is 29.2 Å². The summed E-state index contributed by atoms with van der Waals surface area (Å²) in [5.41, 5.74) is -0.00808. The van der Waals surface area contributed by atoms with Gasteiger partial charge in [-0.05, 0) is 18.2 Å². The van der Waals surface area contributed by atoms with Crippen LogP contribution in [-0.4, -0.2) is 54.9 Å². The monoisotopic (exact) mass is 420 g/mol. The number of benzene rings is 1. The number of fused-ring (bicyclic) bond motifs is 1. The number of nitrogens with zero attached hydrogens (tertiary/aromatic N) is 2. The quantitative estimate of drug-likeness (QED) is 0.655. The number of sulfonamides is 1. The summed E-state index contributed by atoms with van der Waals surface area (Å²) in [6.45, 7) is 1.20. The molecule has 0 unspecified atom stereocenters. The van der Waals surface area contributed by atoms with Crippen molar-refractivity contribution in [2.24, 2.45) is 0 Å². The lowest BCUT2D eigenvalue weighted by Gasteiger charge is -2.26. The van der Waals surface area contributed by atoms with Gasteiger partial charge in [-0.2, -0.15) is 4.31 Å². The molecule has 1 saturated heterocycles. The Morgan fingerprint density at radius 2 is 2.04 bits per heavy atom. The minimum atomic E-state index is -3.74. The molecule has 1 fully saturated rings. The molecule has 4 rings (SSSR count). The number of amides is 1. The van der Waals surface area contributed by atoms with Crippen LogP contribution in [0.15, 0.2) is 45.5 Å². The smallest absolute Gasteiger partial charge is 0.258 e. The average molecular weight is 420 g/mol. The first-order valence-electron chi connectivity index (χ1n) is 8.41. The maximum Gasteiger partial charge on any atom is 0.258 e. The normalized spacial score (nSPS) is 15.6. The van der Waals surface area contributed by atoms with Crippen molar-refractivity contribution in [2.75, 3.05) is 31.6 Å². The summed E-state index contributed by atoms with van der Waals surface area (Å²) in [5.74, 6) is -0.535. The van der Waals surface area contributed by atoms with Crippen LogP contribution in [-0.2, 0) is 14.8 Å². The highest BCUT2D eigenvalue weighted by Crippen LogP contribution is 2.24. The lowest BCUT2D eigenvalue weighted by atomic mass is 10.1. The molecule has 0 radical (unpaired) electrons. The van der Waals surface area contributed by atoms with E-state index in [1.165, 1.54) is 33.8 Å². The van der Waals surface area contributed by atoms with Gasteiger partial charge in [0.25, 0.3) is 5.91 Å². The fourth-order valence-corrected chi connectivity index (χ4v) is 4.93. The highest BCUT2D eigenvalue weighted by Gasteiger charge is 2.27. The third-order valence-electron chi connectivity index (χ3n) is 4.32. The number of hydrogen-bond acceptors (Lipinski definition) is 7. The Kier molecular flexibility index (Phi) is 4.98. The number of rotatable bonds is 4. The first kappa shape index (κ1) is 18.7. The predicted octanol–water partition coefficient (Wildman–Crippen LogP) is 1.26. The molecule has 3 heterocycles. The fraction of sp³-hybridized carbons (Fsp3) is 0.235. The SMILES string of the molecule is O=C(Nc1nccs1)c1cc(=O)[nH]c2ccc(S(=O)(=O)N3CCOCC3)cc12. The number of hydrogen-bond donors (Lipinski definition) is 2. The molecule has 146 valence electrons. The van der Waals surface area contributed by atoms with Gasteiger partial charge in [-0.15, -0.1) is 11.3 Å². The van der Waals surface area contributed by atoms with Crippen LogP contribution < -0.4 is 10.9 Å². The number of carbonyl (C=O) groups excluding carboxylic acids is 1. The second-order valence-corrected chi connectivity index (χ2v) is 8.89. The molecule has 1 amide bonds. The molecule has 0 atom stereocenters.